The van der Waals surface area contributed by atoms with Crippen molar-refractivity contribution in [2.75, 3.05) is 31.2 Å². The van der Waals surface area contributed by atoms with Crippen LogP contribution in [0.2, 0.25) is 0 Å². The van der Waals surface area contributed by atoms with Crippen molar-refractivity contribution in [2.24, 2.45) is 0 Å². The molecule has 0 bridgehead atoms. The molecule has 0 aromatic heterocycles. The first-order valence-electron chi connectivity index (χ1n) is 6.55. The van der Waals surface area contributed by atoms with Crippen LogP contribution in [0.1, 0.15) is 22.3 Å². The van der Waals surface area contributed by atoms with Crippen LogP contribution in [0.15, 0.2) is 24.3 Å². The summed E-state index contributed by atoms with van der Waals surface area (Å²) in [7, 11) is -0.784. The number of aliphatic hydroxyl groups excluding tert-OH is 1. The SMILES string of the molecule is O=C(c1cccc(C#CCCO)c1)N1CCS(=O)CC1. The second kappa shape index (κ2) is 7.22. The third-order valence-corrected chi connectivity index (χ3v) is 4.32. The number of amides is 1. The molecule has 4 nitrogen and oxygen atoms in total. The van der Waals surface area contributed by atoms with E-state index >= 15 is 0 Å². The van der Waals surface area contributed by atoms with Crippen LogP contribution in [0.5, 0.6) is 0 Å². The van der Waals surface area contributed by atoms with Crippen molar-refractivity contribution in [3.05, 3.63) is 35.4 Å². The number of aliphatic hydroxyl groups is 1. The lowest BCUT2D eigenvalue weighted by Gasteiger charge is -2.26. The van der Waals surface area contributed by atoms with E-state index in [2.05, 4.69) is 11.8 Å². The van der Waals surface area contributed by atoms with E-state index < -0.39 is 10.8 Å². The van der Waals surface area contributed by atoms with Gasteiger partial charge in [0.1, 0.15) is 0 Å². The summed E-state index contributed by atoms with van der Waals surface area (Å²) in [6, 6.07) is 7.17. The molecule has 0 radical (unpaired) electrons. The molecule has 2 rings (SSSR count). The quantitative estimate of drug-likeness (QED) is 0.813. The predicted octanol–water partition coefficient (Wildman–Crippen LogP) is 0.625. The van der Waals surface area contributed by atoms with Crippen LogP contribution < -0.4 is 0 Å². The van der Waals surface area contributed by atoms with Crippen molar-refractivity contribution < 1.29 is 14.1 Å². The topological polar surface area (TPSA) is 57.6 Å². The van der Waals surface area contributed by atoms with E-state index in [1.54, 1.807) is 23.1 Å². The van der Waals surface area contributed by atoms with Crippen LogP contribution in [0, 0.1) is 11.8 Å². The molecule has 1 aliphatic rings. The van der Waals surface area contributed by atoms with Gasteiger partial charge in [0.25, 0.3) is 5.91 Å². The number of rotatable bonds is 2. The van der Waals surface area contributed by atoms with Gasteiger partial charge in [0, 0.05) is 52.9 Å². The Kier molecular flexibility index (Phi) is 5.33. The highest BCUT2D eigenvalue weighted by molar-refractivity contribution is 7.85. The average molecular weight is 291 g/mol. The summed E-state index contributed by atoms with van der Waals surface area (Å²) in [6.07, 6.45) is 0.427. The van der Waals surface area contributed by atoms with E-state index in [9.17, 15) is 9.00 Å². The molecule has 1 amide bonds. The Hall–Kier alpha value is -1.64. The first-order valence-corrected chi connectivity index (χ1v) is 8.03. The van der Waals surface area contributed by atoms with E-state index in [1.165, 1.54) is 0 Å². The fraction of sp³-hybridized carbons (Fsp3) is 0.400. The summed E-state index contributed by atoms with van der Waals surface area (Å²) in [5.41, 5.74) is 1.37. The minimum atomic E-state index is -0.784. The normalized spacial score (nSPS) is 15.6. The van der Waals surface area contributed by atoms with Gasteiger partial charge in [-0.15, -0.1) is 0 Å². The van der Waals surface area contributed by atoms with Gasteiger partial charge < -0.3 is 10.0 Å². The lowest BCUT2D eigenvalue weighted by molar-refractivity contribution is 0.0771. The summed E-state index contributed by atoms with van der Waals surface area (Å²) < 4.78 is 11.3. The molecule has 5 heteroatoms. The zero-order chi connectivity index (χ0) is 14.4. The molecule has 0 saturated carbocycles. The van der Waals surface area contributed by atoms with Gasteiger partial charge in [0.2, 0.25) is 0 Å². The zero-order valence-corrected chi connectivity index (χ0v) is 12.0. The molecule has 1 aromatic carbocycles. The summed E-state index contributed by atoms with van der Waals surface area (Å²) in [5.74, 6) is 6.84. The fourth-order valence-corrected chi connectivity index (χ4v) is 3.03. The van der Waals surface area contributed by atoms with Crippen molar-refractivity contribution in [1.29, 1.82) is 0 Å². The molecule has 106 valence electrons. The average Bonchev–Trinajstić information content (AvgIpc) is 2.48. The Bertz CT molecular complexity index is 564. The standard InChI is InChI=1S/C15H17NO3S/c17-9-2-1-4-13-5-3-6-14(12-13)15(18)16-7-10-20(19)11-8-16/h3,5-6,12,17H,2,7-11H2. The Balaban J connectivity index is 2.09. The van der Waals surface area contributed by atoms with Gasteiger partial charge in [-0.25, -0.2) is 0 Å². The van der Waals surface area contributed by atoms with Crippen LogP contribution in [0.3, 0.4) is 0 Å². The molecule has 20 heavy (non-hydrogen) atoms. The first-order chi connectivity index (χ1) is 9.70. The van der Waals surface area contributed by atoms with Gasteiger partial charge in [-0.1, -0.05) is 17.9 Å². The summed E-state index contributed by atoms with van der Waals surface area (Å²) in [6.45, 7) is 1.13. The molecule has 0 atom stereocenters. The molecule has 0 unspecified atom stereocenters. The van der Waals surface area contributed by atoms with Crippen LogP contribution in [0.25, 0.3) is 0 Å². The van der Waals surface area contributed by atoms with E-state index in [4.69, 9.17) is 5.11 Å². The highest BCUT2D eigenvalue weighted by atomic mass is 32.2. The fourth-order valence-electron chi connectivity index (χ4n) is 1.97. The molecule has 1 saturated heterocycles. The van der Waals surface area contributed by atoms with Crippen molar-refractivity contribution in [2.45, 2.75) is 6.42 Å². The number of benzene rings is 1. The van der Waals surface area contributed by atoms with E-state index in [-0.39, 0.29) is 12.5 Å². The van der Waals surface area contributed by atoms with Crippen molar-refractivity contribution in [3.63, 3.8) is 0 Å². The molecule has 0 aliphatic carbocycles. The molecule has 1 heterocycles. The number of hydrogen-bond donors (Lipinski definition) is 1. The molecule has 1 aliphatic heterocycles. The maximum Gasteiger partial charge on any atom is 0.253 e. The smallest absolute Gasteiger partial charge is 0.253 e. The van der Waals surface area contributed by atoms with Crippen molar-refractivity contribution in [1.82, 2.24) is 4.90 Å². The van der Waals surface area contributed by atoms with Crippen molar-refractivity contribution >= 4 is 16.7 Å². The van der Waals surface area contributed by atoms with Gasteiger partial charge in [0.05, 0.1) is 6.61 Å². The van der Waals surface area contributed by atoms with Crippen LogP contribution in [0.4, 0.5) is 0 Å². The van der Waals surface area contributed by atoms with Crippen LogP contribution >= 0.6 is 0 Å². The van der Waals surface area contributed by atoms with Gasteiger partial charge in [-0.2, -0.15) is 0 Å². The summed E-state index contributed by atoms with van der Waals surface area (Å²) in [4.78, 5) is 14.1. The lowest BCUT2D eigenvalue weighted by atomic mass is 10.1. The van der Waals surface area contributed by atoms with E-state index in [0.29, 0.717) is 36.6 Å². The molecule has 0 spiro atoms. The third kappa shape index (κ3) is 3.92. The Morgan fingerprint density at radius 3 is 2.80 bits per heavy atom. The van der Waals surface area contributed by atoms with Gasteiger partial charge >= 0.3 is 0 Å². The Labute approximate surface area is 121 Å². The van der Waals surface area contributed by atoms with Gasteiger partial charge in [0.15, 0.2) is 0 Å². The summed E-state index contributed by atoms with van der Waals surface area (Å²) >= 11 is 0. The zero-order valence-electron chi connectivity index (χ0n) is 11.2. The Morgan fingerprint density at radius 1 is 1.35 bits per heavy atom. The van der Waals surface area contributed by atoms with Crippen molar-refractivity contribution in [3.8, 4) is 11.8 Å². The molecular weight excluding hydrogens is 274 g/mol. The van der Waals surface area contributed by atoms with Gasteiger partial charge in [-0.3, -0.25) is 9.00 Å². The second-order valence-electron chi connectivity index (χ2n) is 4.50. The van der Waals surface area contributed by atoms with Gasteiger partial charge in [-0.05, 0) is 18.2 Å². The minimum absolute atomic E-state index is 0.0347. The Morgan fingerprint density at radius 2 is 2.10 bits per heavy atom. The first kappa shape index (κ1) is 14.8. The molecular formula is C15H17NO3S. The van der Waals surface area contributed by atoms with E-state index in [1.807, 2.05) is 6.07 Å². The maximum absolute atomic E-state index is 12.3. The lowest BCUT2D eigenvalue weighted by Crippen LogP contribution is -2.41. The van der Waals surface area contributed by atoms with Crippen LogP contribution in [-0.4, -0.2) is 51.3 Å². The molecule has 1 N–H and O–H groups in total. The highest BCUT2D eigenvalue weighted by Gasteiger charge is 2.21. The molecule has 1 aromatic rings. The highest BCUT2D eigenvalue weighted by Crippen LogP contribution is 2.10. The third-order valence-electron chi connectivity index (χ3n) is 3.04. The summed E-state index contributed by atoms with van der Waals surface area (Å²) in [5, 5.41) is 8.69. The monoisotopic (exact) mass is 291 g/mol. The number of nitrogens with zero attached hydrogens (tertiary/aromatic N) is 1. The largest absolute Gasteiger partial charge is 0.395 e. The van der Waals surface area contributed by atoms with E-state index in [0.717, 1.165) is 5.56 Å². The minimum Gasteiger partial charge on any atom is -0.395 e. The number of carbonyl (C=O) groups excluding carboxylic acids is 1. The maximum atomic E-state index is 12.3. The molecule has 1 fully saturated rings. The second-order valence-corrected chi connectivity index (χ2v) is 6.19. The number of carbonyl (C=O) groups is 1. The predicted molar refractivity (Wildman–Crippen MR) is 78.8 cm³/mol. The number of hydrogen-bond acceptors (Lipinski definition) is 3. The van der Waals surface area contributed by atoms with Crippen LogP contribution in [-0.2, 0) is 10.8 Å².